The summed E-state index contributed by atoms with van der Waals surface area (Å²) in [5, 5.41) is 6.10. The van der Waals surface area contributed by atoms with Gasteiger partial charge in [-0.2, -0.15) is 4.98 Å². The summed E-state index contributed by atoms with van der Waals surface area (Å²) in [5.41, 5.74) is 8.48. The maximum Gasteiger partial charge on any atom is 0.256 e. The molecule has 150 valence electrons. The number of nitrogen functional groups attached to an aromatic ring is 1. The number of nitrogens with one attached hydrogen (secondary N) is 2. The Labute approximate surface area is 171 Å². The summed E-state index contributed by atoms with van der Waals surface area (Å²) in [6.07, 6.45) is 0.955. The number of nitrogens with two attached hydrogens (primary N) is 1. The largest absolute Gasteiger partial charge is 0.399 e. The number of benzene rings is 2. The summed E-state index contributed by atoms with van der Waals surface area (Å²) in [5.74, 6) is 0.642. The van der Waals surface area contributed by atoms with Crippen molar-refractivity contribution in [1.82, 2.24) is 14.9 Å². The van der Waals surface area contributed by atoms with Crippen LogP contribution in [0.3, 0.4) is 0 Å². The Kier molecular flexibility index (Phi) is 6.76. The molecule has 0 saturated carbocycles. The highest BCUT2D eigenvalue weighted by atomic mass is 16.1. The Morgan fingerprint density at radius 3 is 2.55 bits per heavy atom. The molecule has 0 bridgehead atoms. The molecule has 0 aliphatic carbocycles. The van der Waals surface area contributed by atoms with Crippen LogP contribution in [0.5, 0.6) is 0 Å². The van der Waals surface area contributed by atoms with Gasteiger partial charge in [0.05, 0.1) is 5.69 Å². The van der Waals surface area contributed by atoms with Crippen molar-refractivity contribution < 1.29 is 4.79 Å². The summed E-state index contributed by atoms with van der Waals surface area (Å²) in [6, 6.07) is 18.4. The first-order chi connectivity index (χ1) is 14.0. The van der Waals surface area contributed by atoms with E-state index in [4.69, 9.17) is 5.73 Å². The van der Waals surface area contributed by atoms with Gasteiger partial charge in [0.25, 0.3) is 5.91 Å². The zero-order valence-electron chi connectivity index (χ0n) is 16.7. The number of aromatic nitrogens is 2. The molecule has 29 heavy (non-hydrogen) atoms. The monoisotopic (exact) mass is 390 g/mol. The van der Waals surface area contributed by atoms with Crippen molar-refractivity contribution in [1.29, 1.82) is 0 Å². The second kappa shape index (κ2) is 9.66. The third kappa shape index (κ3) is 6.02. The van der Waals surface area contributed by atoms with E-state index in [0.717, 1.165) is 30.8 Å². The van der Waals surface area contributed by atoms with Crippen LogP contribution in [0, 0.1) is 0 Å². The van der Waals surface area contributed by atoms with Gasteiger partial charge in [0.1, 0.15) is 5.82 Å². The molecular weight excluding hydrogens is 364 g/mol. The molecule has 7 heteroatoms. The van der Waals surface area contributed by atoms with E-state index >= 15 is 0 Å². The normalized spacial score (nSPS) is 10.7. The van der Waals surface area contributed by atoms with Crippen LogP contribution < -0.4 is 16.4 Å². The molecule has 0 atom stereocenters. The van der Waals surface area contributed by atoms with E-state index in [-0.39, 0.29) is 5.91 Å². The van der Waals surface area contributed by atoms with Crippen LogP contribution in [0.4, 0.5) is 17.5 Å². The van der Waals surface area contributed by atoms with E-state index < -0.39 is 0 Å². The molecule has 0 aliphatic rings. The maximum atomic E-state index is 12.6. The van der Waals surface area contributed by atoms with Gasteiger partial charge in [-0.15, -0.1) is 0 Å². The van der Waals surface area contributed by atoms with Crippen LogP contribution in [0.2, 0.25) is 0 Å². The Bertz CT molecular complexity index is 959. The quantitative estimate of drug-likeness (QED) is 0.403. The lowest BCUT2D eigenvalue weighted by Gasteiger charge is -2.12. The maximum absolute atomic E-state index is 12.6. The van der Waals surface area contributed by atoms with Gasteiger partial charge in [-0.05, 0) is 45.3 Å². The summed E-state index contributed by atoms with van der Waals surface area (Å²) in [6.45, 7) is 1.70. The predicted molar refractivity (Wildman–Crippen MR) is 118 cm³/mol. The van der Waals surface area contributed by atoms with E-state index in [1.165, 1.54) is 0 Å². The van der Waals surface area contributed by atoms with Gasteiger partial charge in [-0.3, -0.25) is 4.79 Å². The average molecular weight is 390 g/mol. The van der Waals surface area contributed by atoms with Gasteiger partial charge in [0.2, 0.25) is 5.95 Å². The van der Waals surface area contributed by atoms with E-state index in [2.05, 4.69) is 25.5 Å². The number of hydrogen-bond donors (Lipinski definition) is 3. The predicted octanol–water partition coefficient (Wildman–Crippen LogP) is 3.34. The fourth-order valence-corrected chi connectivity index (χ4v) is 2.81. The van der Waals surface area contributed by atoms with Crippen molar-refractivity contribution in [3.05, 3.63) is 66.2 Å². The molecule has 0 saturated heterocycles. The lowest BCUT2D eigenvalue weighted by Crippen LogP contribution is -2.18. The summed E-state index contributed by atoms with van der Waals surface area (Å²) in [7, 11) is 4.08. The second-order valence-corrected chi connectivity index (χ2v) is 6.99. The standard InChI is InChI=1S/C22H26N6O/c1-28(2)13-7-12-24-22-25-19(16-8-4-3-5-9-16)15-20(27-22)26-21(29)17-10-6-11-18(23)14-17/h3-6,8-11,14-15H,7,12-13,23H2,1-2H3,(H2,24,25,26,27,29). The minimum atomic E-state index is -0.270. The van der Waals surface area contributed by atoms with Crippen molar-refractivity contribution in [3.63, 3.8) is 0 Å². The van der Waals surface area contributed by atoms with Gasteiger partial charge in [-0.1, -0.05) is 36.4 Å². The van der Waals surface area contributed by atoms with Crippen molar-refractivity contribution in [2.75, 3.05) is 43.6 Å². The van der Waals surface area contributed by atoms with Crippen LogP contribution in [-0.4, -0.2) is 48.0 Å². The number of carbonyl (C=O) groups excluding carboxylic acids is 1. The minimum Gasteiger partial charge on any atom is -0.399 e. The molecule has 1 amide bonds. The lowest BCUT2D eigenvalue weighted by molar-refractivity contribution is 0.102. The van der Waals surface area contributed by atoms with Crippen molar-refractivity contribution in [3.8, 4) is 11.3 Å². The molecule has 1 aromatic heterocycles. The smallest absolute Gasteiger partial charge is 0.256 e. The molecule has 0 spiro atoms. The van der Waals surface area contributed by atoms with Crippen LogP contribution in [-0.2, 0) is 0 Å². The van der Waals surface area contributed by atoms with E-state index in [1.54, 1.807) is 30.3 Å². The molecule has 3 aromatic rings. The first-order valence-electron chi connectivity index (χ1n) is 9.51. The molecular formula is C22H26N6O. The van der Waals surface area contributed by atoms with Gasteiger partial charge in [0.15, 0.2) is 0 Å². The third-order valence-electron chi connectivity index (χ3n) is 4.25. The fourth-order valence-electron chi connectivity index (χ4n) is 2.81. The third-order valence-corrected chi connectivity index (χ3v) is 4.25. The zero-order valence-corrected chi connectivity index (χ0v) is 16.7. The van der Waals surface area contributed by atoms with Gasteiger partial charge in [-0.25, -0.2) is 4.98 Å². The molecule has 2 aromatic carbocycles. The molecule has 0 aliphatic heterocycles. The highest BCUT2D eigenvalue weighted by Crippen LogP contribution is 2.22. The summed E-state index contributed by atoms with van der Waals surface area (Å²) in [4.78, 5) is 23.8. The van der Waals surface area contributed by atoms with Crippen LogP contribution in [0.1, 0.15) is 16.8 Å². The molecule has 0 fully saturated rings. The minimum absolute atomic E-state index is 0.270. The van der Waals surface area contributed by atoms with Crippen LogP contribution in [0.25, 0.3) is 11.3 Å². The first-order valence-corrected chi connectivity index (χ1v) is 9.51. The fraction of sp³-hybridized carbons (Fsp3) is 0.227. The van der Waals surface area contributed by atoms with Gasteiger partial charge in [0, 0.05) is 29.4 Å². The van der Waals surface area contributed by atoms with E-state index in [0.29, 0.717) is 23.0 Å². The SMILES string of the molecule is CN(C)CCCNc1nc(NC(=O)c2cccc(N)c2)cc(-c2ccccc2)n1. The lowest BCUT2D eigenvalue weighted by atomic mass is 10.1. The second-order valence-electron chi connectivity index (χ2n) is 6.99. The highest BCUT2D eigenvalue weighted by molar-refractivity contribution is 6.04. The Morgan fingerprint density at radius 1 is 1.03 bits per heavy atom. The number of carbonyl (C=O) groups is 1. The van der Waals surface area contributed by atoms with E-state index in [9.17, 15) is 4.79 Å². The molecule has 1 heterocycles. The zero-order chi connectivity index (χ0) is 20.6. The Balaban J connectivity index is 1.82. The van der Waals surface area contributed by atoms with Gasteiger partial charge < -0.3 is 21.3 Å². The number of anilines is 3. The van der Waals surface area contributed by atoms with Crippen molar-refractivity contribution in [2.45, 2.75) is 6.42 Å². The first kappa shape index (κ1) is 20.3. The average Bonchev–Trinajstić information content (AvgIpc) is 2.71. The molecule has 3 rings (SSSR count). The highest BCUT2D eigenvalue weighted by Gasteiger charge is 2.11. The molecule has 7 nitrogen and oxygen atoms in total. The molecule has 4 N–H and O–H groups in total. The van der Waals surface area contributed by atoms with Gasteiger partial charge >= 0.3 is 0 Å². The van der Waals surface area contributed by atoms with Crippen molar-refractivity contribution >= 4 is 23.4 Å². The van der Waals surface area contributed by atoms with Crippen LogP contribution >= 0.6 is 0 Å². The van der Waals surface area contributed by atoms with Crippen molar-refractivity contribution in [2.24, 2.45) is 0 Å². The number of hydrogen-bond acceptors (Lipinski definition) is 6. The molecule has 0 radical (unpaired) electrons. The number of amides is 1. The summed E-state index contributed by atoms with van der Waals surface area (Å²) >= 11 is 0. The Morgan fingerprint density at radius 2 is 1.83 bits per heavy atom. The summed E-state index contributed by atoms with van der Waals surface area (Å²) < 4.78 is 0. The number of rotatable bonds is 8. The molecule has 0 unspecified atom stereocenters. The van der Waals surface area contributed by atoms with E-state index in [1.807, 2.05) is 44.4 Å². The van der Waals surface area contributed by atoms with Crippen LogP contribution in [0.15, 0.2) is 60.7 Å². The number of nitrogens with zero attached hydrogens (tertiary/aromatic N) is 3. The topological polar surface area (TPSA) is 96.2 Å². The Hall–Kier alpha value is -3.45.